The summed E-state index contributed by atoms with van der Waals surface area (Å²) >= 11 is 0. The summed E-state index contributed by atoms with van der Waals surface area (Å²) in [6, 6.07) is 46.3. The van der Waals surface area contributed by atoms with Crippen molar-refractivity contribution in [2.24, 2.45) is 0 Å². The monoisotopic (exact) mass is 1120 g/mol. The molecule has 8 aromatic rings. The van der Waals surface area contributed by atoms with Crippen LogP contribution in [0.1, 0.15) is 265 Å². The summed E-state index contributed by atoms with van der Waals surface area (Å²) in [4.78, 5) is 0. The highest BCUT2D eigenvalue weighted by atomic mass is 16.3. The van der Waals surface area contributed by atoms with E-state index in [1.54, 1.807) is 24.3 Å². The number of rotatable bonds is 8. The summed E-state index contributed by atoms with van der Waals surface area (Å²) < 4.78 is 0. The maximum absolute atomic E-state index is 12.5. The van der Waals surface area contributed by atoms with Gasteiger partial charge in [0.05, 0.1) is 0 Å². The summed E-state index contributed by atoms with van der Waals surface area (Å²) in [5.74, 6) is -3.69. The molecule has 0 atom stereocenters. The Kier molecular flexibility index (Phi) is 15.6. The van der Waals surface area contributed by atoms with Gasteiger partial charge in [-0.25, -0.2) is 0 Å². The van der Waals surface area contributed by atoms with Crippen molar-refractivity contribution >= 4 is 0 Å². The van der Waals surface area contributed by atoms with Crippen LogP contribution in [0.5, 0.6) is 46.0 Å². The lowest BCUT2D eigenvalue weighted by molar-refractivity contribution is 0.431. The smallest absolute Gasteiger partial charge is 0.123 e. The number of phenols is 8. The van der Waals surface area contributed by atoms with Crippen LogP contribution in [-0.2, 0) is 0 Å². The van der Waals surface area contributed by atoms with E-state index in [-0.39, 0.29) is 46.0 Å². The van der Waals surface area contributed by atoms with Gasteiger partial charge in [0.1, 0.15) is 46.0 Å². The van der Waals surface area contributed by atoms with E-state index in [2.05, 4.69) is 97.1 Å². The van der Waals surface area contributed by atoms with Crippen LogP contribution in [0.4, 0.5) is 0 Å². The average molecular weight is 1120 g/mol. The summed E-state index contributed by atoms with van der Waals surface area (Å²) in [5.41, 5.74) is 10.8. The second-order valence-electron chi connectivity index (χ2n) is 25.6. The van der Waals surface area contributed by atoms with Crippen LogP contribution in [0.3, 0.4) is 0 Å². The maximum Gasteiger partial charge on any atom is 0.123 e. The molecule has 0 spiro atoms. The van der Waals surface area contributed by atoms with E-state index in [1.165, 1.54) is 124 Å². The van der Waals surface area contributed by atoms with E-state index in [1.807, 2.05) is 0 Å². The fourth-order valence-corrected chi connectivity index (χ4v) is 16.0. The van der Waals surface area contributed by atoms with Crippen LogP contribution in [0.2, 0.25) is 0 Å². The molecule has 5 aliphatic rings. The molecule has 0 heterocycles. The van der Waals surface area contributed by atoms with Crippen LogP contribution >= 0.6 is 0 Å². The van der Waals surface area contributed by atoms with Crippen molar-refractivity contribution in [3.63, 3.8) is 0 Å². The molecule has 8 nitrogen and oxygen atoms in total. The minimum Gasteiger partial charge on any atom is -0.507 e. The number of phenolic OH excluding ortho intramolecular Hbond substituents is 8. The van der Waals surface area contributed by atoms with Gasteiger partial charge in [-0.3, -0.25) is 0 Å². The average Bonchev–Trinajstić information content (AvgIpc) is 2.11. The first-order chi connectivity index (χ1) is 40.9. The van der Waals surface area contributed by atoms with Gasteiger partial charge in [-0.15, -0.1) is 0 Å². The number of hydrogen-bond acceptors (Lipinski definition) is 8. The van der Waals surface area contributed by atoms with Gasteiger partial charge in [0.25, 0.3) is 0 Å². The Labute approximate surface area is 494 Å². The first-order valence-electron chi connectivity index (χ1n) is 31.6. The second-order valence-corrected chi connectivity index (χ2v) is 25.6. The molecule has 84 heavy (non-hydrogen) atoms. The molecule has 0 aliphatic heterocycles. The molecule has 0 radical (unpaired) electrons. The molecule has 13 rings (SSSR count). The second kappa shape index (κ2) is 23.7. The molecule has 0 amide bonds. The molecule has 0 aromatic heterocycles. The first kappa shape index (κ1) is 55.4. The van der Waals surface area contributed by atoms with Crippen molar-refractivity contribution in [3.8, 4) is 46.0 Å². The molecule has 4 fully saturated rings. The number of fused-ring (bicyclic) bond motifs is 8. The normalized spacial score (nSPS) is 21.0. The minimum absolute atomic E-state index is 0.220. The number of hydrogen-bond donors (Lipinski definition) is 8. The number of aromatic hydroxyl groups is 8. The van der Waals surface area contributed by atoms with Crippen LogP contribution in [0.25, 0.3) is 0 Å². The van der Waals surface area contributed by atoms with Crippen molar-refractivity contribution in [3.05, 3.63) is 235 Å². The van der Waals surface area contributed by atoms with E-state index in [4.69, 9.17) is 0 Å². The van der Waals surface area contributed by atoms with Gasteiger partial charge in [-0.1, -0.05) is 174 Å². The highest BCUT2D eigenvalue weighted by molar-refractivity contribution is 5.67. The Balaban J connectivity index is 1.09. The van der Waals surface area contributed by atoms with Crippen molar-refractivity contribution < 1.29 is 40.9 Å². The van der Waals surface area contributed by atoms with Crippen molar-refractivity contribution in [2.45, 2.75) is 176 Å². The van der Waals surface area contributed by atoms with Crippen molar-refractivity contribution in [1.29, 1.82) is 0 Å². The Hall–Kier alpha value is -7.84. The van der Waals surface area contributed by atoms with Crippen LogP contribution in [0.15, 0.2) is 146 Å². The Bertz CT molecular complexity index is 3050. The third kappa shape index (κ3) is 10.7. The predicted octanol–water partition coefficient (Wildman–Crippen LogP) is 18.6. The Morgan fingerprint density at radius 2 is 0.321 bits per heavy atom. The third-order valence-corrected chi connectivity index (χ3v) is 20.6. The molecule has 432 valence electrons. The first-order valence-corrected chi connectivity index (χ1v) is 31.6. The largest absolute Gasteiger partial charge is 0.507 e. The summed E-state index contributed by atoms with van der Waals surface area (Å²) in [5, 5.41) is 100. The predicted molar refractivity (Wildman–Crippen MR) is 332 cm³/mol. The molecular formula is C76H80O8. The zero-order valence-electron chi connectivity index (χ0n) is 48.2. The fraction of sp³-hybridized carbons (Fsp3) is 0.368. The third-order valence-electron chi connectivity index (χ3n) is 20.6. The van der Waals surface area contributed by atoms with E-state index in [9.17, 15) is 40.9 Å². The van der Waals surface area contributed by atoms with E-state index in [0.29, 0.717) is 68.2 Å². The van der Waals surface area contributed by atoms with Gasteiger partial charge in [-0.05, 0) is 144 Å². The van der Waals surface area contributed by atoms with E-state index < -0.39 is 23.7 Å². The summed E-state index contributed by atoms with van der Waals surface area (Å²) in [7, 11) is 0. The van der Waals surface area contributed by atoms with E-state index >= 15 is 0 Å². The fourth-order valence-electron chi connectivity index (χ4n) is 16.0. The van der Waals surface area contributed by atoms with Gasteiger partial charge < -0.3 is 40.9 Å². The minimum atomic E-state index is -0.894. The van der Waals surface area contributed by atoms with Gasteiger partial charge in [-0.2, -0.15) is 0 Å². The topological polar surface area (TPSA) is 162 Å². The van der Waals surface area contributed by atoms with Crippen molar-refractivity contribution in [1.82, 2.24) is 0 Å². The zero-order valence-corrected chi connectivity index (χ0v) is 48.2. The number of benzene rings is 8. The van der Waals surface area contributed by atoms with Crippen LogP contribution in [-0.4, -0.2) is 40.9 Å². The molecule has 4 saturated carbocycles. The Morgan fingerprint density at radius 3 is 0.476 bits per heavy atom. The molecule has 0 saturated heterocycles. The molecule has 8 heteroatoms. The van der Waals surface area contributed by atoms with E-state index in [0.717, 1.165) is 73.6 Å². The zero-order chi connectivity index (χ0) is 57.6. The SMILES string of the molecule is Oc1cc(O)c2cc1C(c1ccc(C3CCCCC3)cc1)c1cc(c(O)cc1O)C(c1ccc(C3CCCCC3)cc1)c1cc(c(O)cc1O)C(c1ccc(C3CCCCC3)cc1)c1cc(c(O)cc1O)C2c1ccc(C2CCCCC2)cc1. The lowest BCUT2D eigenvalue weighted by Crippen LogP contribution is -2.13. The highest BCUT2D eigenvalue weighted by Crippen LogP contribution is 2.55. The molecule has 0 unspecified atom stereocenters. The van der Waals surface area contributed by atoms with Crippen molar-refractivity contribution in [2.75, 3.05) is 0 Å². The lowest BCUT2D eigenvalue weighted by atomic mass is 9.74. The quantitative estimate of drug-likeness (QED) is 0.0746. The molecule has 8 aromatic carbocycles. The van der Waals surface area contributed by atoms with Crippen LogP contribution in [0, 0.1) is 0 Å². The molecular weight excluding hydrogens is 1040 g/mol. The summed E-state index contributed by atoms with van der Waals surface area (Å²) in [6.07, 6.45) is 23.1. The standard InChI is InChI=1S/C76H80O8/c77-65-41-67(79)59-37-57(65)73(53-29-21-49(22-30-53)45-13-5-1-6-14-45)58-38-60(68(80)42-66(58)78)75(55-33-25-51(26-34-55)47-17-9-3-10-18-47)62-40-64(72(84)44-70(62)82)76(56-35-27-52(28-36-56)48-19-11-4-12-20-48)63-39-61(69(81)43-71(63)83)74(59)54-31-23-50(24-32-54)46-15-7-2-8-16-46/h21-48,73-84H,1-20H2. The van der Waals surface area contributed by atoms with Gasteiger partial charge in [0, 0.05) is 92.4 Å². The van der Waals surface area contributed by atoms with Crippen LogP contribution < -0.4 is 0 Å². The van der Waals surface area contributed by atoms with Gasteiger partial charge in [0.2, 0.25) is 0 Å². The van der Waals surface area contributed by atoms with Gasteiger partial charge >= 0.3 is 0 Å². The molecule has 8 N–H and O–H groups in total. The maximum atomic E-state index is 12.5. The highest BCUT2D eigenvalue weighted by Gasteiger charge is 2.36. The molecule has 5 aliphatic carbocycles. The Morgan fingerprint density at radius 1 is 0.179 bits per heavy atom. The molecule has 8 bridgehead atoms. The summed E-state index contributed by atoms with van der Waals surface area (Å²) in [6.45, 7) is 0. The lowest BCUT2D eigenvalue weighted by Gasteiger charge is -2.30. The van der Waals surface area contributed by atoms with Gasteiger partial charge in [0.15, 0.2) is 0 Å².